The van der Waals surface area contributed by atoms with Gasteiger partial charge in [0.15, 0.2) is 0 Å². The third kappa shape index (κ3) is 3.40. The lowest BCUT2D eigenvalue weighted by molar-refractivity contribution is -0.143. The van der Waals surface area contributed by atoms with Crippen molar-refractivity contribution in [2.75, 3.05) is 12.8 Å². The lowest BCUT2D eigenvalue weighted by Crippen LogP contribution is -2.44. The van der Waals surface area contributed by atoms with Crippen LogP contribution in [0, 0.1) is 5.92 Å². The van der Waals surface area contributed by atoms with Crippen molar-refractivity contribution < 1.29 is 17.9 Å². The SMILES string of the molecule is COC(=O)C(NS(=O)(=O)c1ccc2c(c1)sc1cc(N)ccc12)C(C)C. The number of carbonyl (C=O) groups is 1. The van der Waals surface area contributed by atoms with Crippen LogP contribution in [0.2, 0.25) is 0 Å². The highest BCUT2D eigenvalue weighted by Gasteiger charge is 2.29. The van der Waals surface area contributed by atoms with Gasteiger partial charge in [-0.3, -0.25) is 4.79 Å². The summed E-state index contributed by atoms with van der Waals surface area (Å²) in [4.78, 5) is 12.0. The molecule has 0 aliphatic heterocycles. The van der Waals surface area contributed by atoms with E-state index in [0.29, 0.717) is 5.69 Å². The predicted molar refractivity (Wildman–Crippen MR) is 105 cm³/mol. The van der Waals surface area contributed by atoms with Crippen molar-refractivity contribution in [3.05, 3.63) is 36.4 Å². The van der Waals surface area contributed by atoms with Crippen molar-refractivity contribution in [1.29, 1.82) is 0 Å². The number of esters is 1. The van der Waals surface area contributed by atoms with Gasteiger partial charge in [0.05, 0.1) is 12.0 Å². The van der Waals surface area contributed by atoms with Gasteiger partial charge in [-0.25, -0.2) is 8.42 Å². The molecule has 0 amide bonds. The fraction of sp³-hybridized carbons (Fsp3) is 0.278. The largest absolute Gasteiger partial charge is 0.468 e. The maximum atomic E-state index is 12.7. The second-order valence-corrected chi connectivity index (χ2v) is 9.18. The number of hydrogen-bond donors (Lipinski definition) is 2. The van der Waals surface area contributed by atoms with Crippen molar-refractivity contribution in [3.63, 3.8) is 0 Å². The minimum absolute atomic E-state index is 0.110. The summed E-state index contributed by atoms with van der Waals surface area (Å²) in [7, 11) is -2.63. The molecule has 8 heteroatoms. The smallest absolute Gasteiger partial charge is 0.324 e. The van der Waals surface area contributed by atoms with Crippen molar-refractivity contribution in [3.8, 4) is 0 Å². The number of nitrogens with one attached hydrogen (secondary N) is 1. The highest BCUT2D eigenvalue weighted by atomic mass is 32.2. The van der Waals surface area contributed by atoms with E-state index >= 15 is 0 Å². The second-order valence-electron chi connectivity index (χ2n) is 6.38. The van der Waals surface area contributed by atoms with Gasteiger partial charge in [0, 0.05) is 25.9 Å². The number of ether oxygens (including phenoxy) is 1. The van der Waals surface area contributed by atoms with Crippen LogP contribution in [0.3, 0.4) is 0 Å². The Bertz CT molecular complexity index is 1090. The van der Waals surface area contributed by atoms with E-state index in [1.54, 1.807) is 32.0 Å². The zero-order valence-corrected chi connectivity index (χ0v) is 16.3. The molecule has 6 nitrogen and oxygen atoms in total. The number of anilines is 1. The number of benzene rings is 2. The third-order valence-electron chi connectivity index (χ3n) is 4.18. The number of methoxy groups -OCH3 is 1. The number of fused-ring (bicyclic) bond motifs is 3. The van der Waals surface area contributed by atoms with Gasteiger partial charge in [-0.05, 0) is 30.2 Å². The molecule has 2 aromatic carbocycles. The van der Waals surface area contributed by atoms with Crippen LogP contribution in [-0.4, -0.2) is 27.5 Å². The maximum Gasteiger partial charge on any atom is 0.324 e. The lowest BCUT2D eigenvalue weighted by atomic mass is 10.1. The fourth-order valence-electron chi connectivity index (χ4n) is 2.76. The van der Waals surface area contributed by atoms with Crippen molar-refractivity contribution in [2.45, 2.75) is 24.8 Å². The predicted octanol–water partition coefficient (Wildman–Crippen LogP) is 3.11. The highest BCUT2D eigenvalue weighted by Crippen LogP contribution is 2.36. The Balaban J connectivity index is 2.03. The van der Waals surface area contributed by atoms with Crippen LogP contribution in [0.1, 0.15) is 13.8 Å². The zero-order chi connectivity index (χ0) is 19.1. The summed E-state index contributed by atoms with van der Waals surface area (Å²) in [5.41, 5.74) is 6.49. The molecule has 0 aliphatic rings. The minimum atomic E-state index is -3.87. The van der Waals surface area contributed by atoms with Gasteiger partial charge in [0.1, 0.15) is 6.04 Å². The van der Waals surface area contributed by atoms with Gasteiger partial charge in [-0.15, -0.1) is 11.3 Å². The molecule has 0 bridgehead atoms. The number of rotatable bonds is 5. The second kappa shape index (κ2) is 6.86. The number of nitrogen functional groups attached to an aromatic ring is 1. The van der Waals surface area contributed by atoms with E-state index in [9.17, 15) is 13.2 Å². The topological polar surface area (TPSA) is 98.5 Å². The Morgan fingerprint density at radius 1 is 1.12 bits per heavy atom. The summed E-state index contributed by atoms with van der Waals surface area (Å²) in [5.74, 6) is -0.852. The Labute approximate surface area is 156 Å². The van der Waals surface area contributed by atoms with Crippen LogP contribution >= 0.6 is 11.3 Å². The molecule has 0 fully saturated rings. The molecule has 3 rings (SSSR count). The molecule has 0 saturated heterocycles. The van der Waals surface area contributed by atoms with Gasteiger partial charge < -0.3 is 10.5 Å². The first-order valence-corrected chi connectivity index (χ1v) is 10.3. The Kier molecular flexibility index (Phi) is 4.92. The van der Waals surface area contributed by atoms with E-state index in [-0.39, 0.29) is 10.8 Å². The summed E-state index contributed by atoms with van der Waals surface area (Å²) in [5, 5.41) is 2.00. The number of nitrogens with two attached hydrogens (primary N) is 1. The Hall–Kier alpha value is -2.16. The molecule has 1 aromatic heterocycles. The minimum Gasteiger partial charge on any atom is -0.468 e. The molecule has 3 aromatic rings. The van der Waals surface area contributed by atoms with Gasteiger partial charge in [0.2, 0.25) is 10.0 Å². The van der Waals surface area contributed by atoms with Gasteiger partial charge in [-0.2, -0.15) is 4.72 Å². The van der Waals surface area contributed by atoms with Crippen LogP contribution in [-0.2, 0) is 19.6 Å². The van der Waals surface area contributed by atoms with Crippen molar-refractivity contribution in [2.24, 2.45) is 5.92 Å². The van der Waals surface area contributed by atoms with E-state index in [2.05, 4.69) is 4.72 Å². The normalized spacial score (nSPS) is 13.4. The van der Waals surface area contributed by atoms with E-state index < -0.39 is 22.0 Å². The van der Waals surface area contributed by atoms with Crippen molar-refractivity contribution >= 4 is 53.2 Å². The standard InChI is InChI=1S/C18H20N2O4S2/c1-10(2)17(18(21)24-3)20-26(22,23)12-5-7-14-13-6-4-11(19)8-15(13)25-16(14)9-12/h4-10,17,20H,19H2,1-3H3. The average molecular weight is 393 g/mol. The van der Waals surface area contributed by atoms with Crippen molar-refractivity contribution in [1.82, 2.24) is 4.72 Å². The van der Waals surface area contributed by atoms with Gasteiger partial charge in [0.25, 0.3) is 0 Å². The average Bonchev–Trinajstić information content (AvgIpc) is 2.95. The summed E-state index contributed by atoms with van der Waals surface area (Å²) in [6.45, 7) is 3.51. The molecule has 3 N–H and O–H groups in total. The number of sulfonamides is 1. The molecule has 138 valence electrons. The van der Waals surface area contributed by atoms with Crippen LogP contribution in [0.25, 0.3) is 20.2 Å². The molecule has 0 saturated carbocycles. The first-order chi connectivity index (χ1) is 12.2. The molecule has 26 heavy (non-hydrogen) atoms. The molecule has 1 unspecified atom stereocenters. The molecular weight excluding hydrogens is 372 g/mol. The lowest BCUT2D eigenvalue weighted by Gasteiger charge is -2.19. The maximum absolute atomic E-state index is 12.7. The summed E-state index contributed by atoms with van der Waals surface area (Å²) < 4.78 is 34.5. The number of carbonyl (C=O) groups excluding carboxylic acids is 1. The molecule has 0 spiro atoms. The first-order valence-electron chi connectivity index (χ1n) is 8.05. The van der Waals surface area contributed by atoms with E-state index in [1.807, 2.05) is 18.2 Å². The molecular formula is C18H20N2O4S2. The quantitative estimate of drug-likeness (QED) is 0.513. The number of thiophene rings is 1. The molecule has 1 heterocycles. The molecule has 0 aliphatic carbocycles. The first kappa shape index (κ1) is 18.6. The summed E-state index contributed by atoms with van der Waals surface area (Å²) in [6.07, 6.45) is 0. The fourth-order valence-corrected chi connectivity index (χ4v) is 5.39. The zero-order valence-electron chi connectivity index (χ0n) is 14.6. The Morgan fingerprint density at radius 3 is 2.35 bits per heavy atom. The van der Waals surface area contributed by atoms with Crippen LogP contribution in [0.4, 0.5) is 5.69 Å². The molecule has 0 radical (unpaired) electrons. The summed E-state index contributed by atoms with van der Waals surface area (Å²) >= 11 is 1.48. The monoisotopic (exact) mass is 392 g/mol. The van der Waals surface area contributed by atoms with Crippen LogP contribution in [0.5, 0.6) is 0 Å². The third-order valence-corrected chi connectivity index (χ3v) is 6.74. The van der Waals surface area contributed by atoms with E-state index in [0.717, 1.165) is 20.2 Å². The molecule has 1 atom stereocenters. The van der Waals surface area contributed by atoms with Gasteiger partial charge >= 0.3 is 5.97 Å². The van der Waals surface area contributed by atoms with Gasteiger partial charge in [-0.1, -0.05) is 26.0 Å². The highest BCUT2D eigenvalue weighted by molar-refractivity contribution is 7.89. The Morgan fingerprint density at radius 2 is 1.73 bits per heavy atom. The number of hydrogen-bond acceptors (Lipinski definition) is 6. The summed E-state index contributed by atoms with van der Waals surface area (Å²) in [6, 6.07) is 9.63. The van der Waals surface area contributed by atoms with E-state index in [4.69, 9.17) is 10.5 Å². The van der Waals surface area contributed by atoms with E-state index in [1.165, 1.54) is 18.4 Å². The van der Waals surface area contributed by atoms with Crippen LogP contribution < -0.4 is 10.5 Å². The van der Waals surface area contributed by atoms with Crippen LogP contribution in [0.15, 0.2) is 41.3 Å².